The molecule has 0 aliphatic heterocycles. The maximum atomic E-state index is 6.20. The summed E-state index contributed by atoms with van der Waals surface area (Å²) in [6.07, 6.45) is 0.806. The molecule has 5 nitrogen and oxygen atoms in total. The second kappa shape index (κ2) is 10.6. The summed E-state index contributed by atoms with van der Waals surface area (Å²) < 4.78 is 21.2. The lowest BCUT2D eigenvalue weighted by molar-refractivity contribution is 0.0208. The SMILES string of the molecule is COCCOCCCOC(C)C(N)c1ccc(OC)cc1. The van der Waals surface area contributed by atoms with E-state index >= 15 is 0 Å². The second-order valence-electron chi connectivity index (χ2n) is 4.83. The Morgan fingerprint density at radius 2 is 1.71 bits per heavy atom. The number of rotatable bonds is 11. The minimum absolute atomic E-state index is 0.0441. The Hall–Kier alpha value is -1.14. The van der Waals surface area contributed by atoms with Gasteiger partial charge >= 0.3 is 0 Å². The summed E-state index contributed by atoms with van der Waals surface area (Å²) in [6.45, 7) is 4.55. The van der Waals surface area contributed by atoms with Crippen LogP contribution in [0.25, 0.3) is 0 Å². The Bertz CT molecular complexity index is 369. The molecule has 1 aromatic rings. The molecule has 0 saturated carbocycles. The van der Waals surface area contributed by atoms with Crippen LogP contribution in [-0.2, 0) is 14.2 Å². The summed E-state index contributed by atoms with van der Waals surface area (Å²) >= 11 is 0. The number of hydrogen-bond acceptors (Lipinski definition) is 5. The Labute approximate surface area is 127 Å². The monoisotopic (exact) mass is 297 g/mol. The smallest absolute Gasteiger partial charge is 0.118 e. The van der Waals surface area contributed by atoms with Gasteiger partial charge in [-0.25, -0.2) is 0 Å². The van der Waals surface area contributed by atoms with Crippen LogP contribution < -0.4 is 10.5 Å². The summed E-state index contributed by atoms with van der Waals surface area (Å²) in [5, 5.41) is 0. The molecule has 0 aromatic heterocycles. The van der Waals surface area contributed by atoms with E-state index in [0.29, 0.717) is 26.4 Å². The van der Waals surface area contributed by atoms with Gasteiger partial charge in [0.1, 0.15) is 5.75 Å². The van der Waals surface area contributed by atoms with Gasteiger partial charge in [0.2, 0.25) is 0 Å². The van der Waals surface area contributed by atoms with Crippen molar-refractivity contribution in [3.8, 4) is 5.75 Å². The quantitative estimate of drug-likeness (QED) is 0.634. The Morgan fingerprint density at radius 3 is 2.33 bits per heavy atom. The van der Waals surface area contributed by atoms with E-state index in [1.54, 1.807) is 14.2 Å². The van der Waals surface area contributed by atoms with E-state index in [9.17, 15) is 0 Å². The zero-order valence-electron chi connectivity index (χ0n) is 13.2. The van der Waals surface area contributed by atoms with Crippen LogP contribution in [0.15, 0.2) is 24.3 Å². The molecule has 2 unspecified atom stereocenters. The lowest BCUT2D eigenvalue weighted by Crippen LogP contribution is -2.27. The summed E-state index contributed by atoms with van der Waals surface area (Å²) in [7, 11) is 3.31. The molecule has 0 saturated heterocycles. The third-order valence-electron chi connectivity index (χ3n) is 3.25. The predicted octanol–water partition coefficient (Wildman–Crippen LogP) is 2.15. The molecule has 0 heterocycles. The maximum Gasteiger partial charge on any atom is 0.118 e. The molecule has 2 atom stereocenters. The molecule has 0 spiro atoms. The number of methoxy groups -OCH3 is 2. The highest BCUT2D eigenvalue weighted by atomic mass is 16.5. The molecule has 0 aliphatic rings. The van der Waals surface area contributed by atoms with Crippen molar-refractivity contribution in [3.63, 3.8) is 0 Å². The molecule has 0 bridgehead atoms. The van der Waals surface area contributed by atoms with Crippen LogP contribution in [0.3, 0.4) is 0 Å². The minimum atomic E-state index is -0.148. The van der Waals surface area contributed by atoms with Crippen LogP contribution in [0.4, 0.5) is 0 Å². The molecule has 120 valence electrons. The van der Waals surface area contributed by atoms with Gasteiger partial charge in [0.25, 0.3) is 0 Å². The van der Waals surface area contributed by atoms with Crippen LogP contribution in [0, 0.1) is 0 Å². The number of benzene rings is 1. The molecule has 0 radical (unpaired) electrons. The Balaban J connectivity index is 2.22. The first-order valence-electron chi connectivity index (χ1n) is 7.27. The van der Waals surface area contributed by atoms with Crippen molar-refractivity contribution >= 4 is 0 Å². The highest BCUT2D eigenvalue weighted by Gasteiger charge is 2.15. The van der Waals surface area contributed by atoms with Crippen molar-refractivity contribution in [2.45, 2.75) is 25.5 Å². The molecule has 0 aliphatic carbocycles. The van der Waals surface area contributed by atoms with Crippen molar-refractivity contribution in [1.82, 2.24) is 0 Å². The standard InChI is InChI=1S/C16H27NO4/c1-13(21-10-4-9-20-12-11-18-2)16(17)14-5-7-15(19-3)8-6-14/h5-8,13,16H,4,9-12,17H2,1-3H3. The van der Waals surface area contributed by atoms with Crippen LogP contribution in [0.1, 0.15) is 24.9 Å². The van der Waals surface area contributed by atoms with E-state index < -0.39 is 0 Å². The fourth-order valence-electron chi connectivity index (χ4n) is 1.88. The van der Waals surface area contributed by atoms with Crippen molar-refractivity contribution in [2.24, 2.45) is 5.73 Å². The van der Waals surface area contributed by atoms with Gasteiger partial charge in [-0.1, -0.05) is 12.1 Å². The zero-order valence-corrected chi connectivity index (χ0v) is 13.2. The van der Waals surface area contributed by atoms with E-state index in [2.05, 4.69) is 0 Å². The Kier molecular flexibility index (Phi) is 9.01. The van der Waals surface area contributed by atoms with E-state index in [1.165, 1.54) is 0 Å². The lowest BCUT2D eigenvalue weighted by Gasteiger charge is -2.21. The molecule has 21 heavy (non-hydrogen) atoms. The predicted molar refractivity (Wildman–Crippen MR) is 82.6 cm³/mol. The molecular weight excluding hydrogens is 270 g/mol. The Morgan fingerprint density at radius 1 is 1.00 bits per heavy atom. The first-order valence-corrected chi connectivity index (χ1v) is 7.27. The van der Waals surface area contributed by atoms with Crippen molar-refractivity contribution < 1.29 is 18.9 Å². The van der Waals surface area contributed by atoms with Gasteiger partial charge in [-0.2, -0.15) is 0 Å². The molecule has 0 amide bonds. The average molecular weight is 297 g/mol. The maximum absolute atomic E-state index is 6.20. The van der Waals surface area contributed by atoms with E-state index in [4.69, 9.17) is 24.7 Å². The summed E-state index contributed by atoms with van der Waals surface area (Å²) in [5.74, 6) is 0.827. The minimum Gasteiger partial charge on any atom is -0.497 e. The second-order valence-corrected chi connectivity index (χ2v) is 4.83. The topological polar surface area (TPSA) is 62.9 Å². The largest absolute Gasteiger partial charge is 0.497 e. The van der Waals surface area contributed by atoms with E-state index in [-0.39, 0.29) is 12.1 Å². The molecule has 1 rings (SSSR count). The van der Waals surface area contributed by atoms with E-state index in [0.717, 1.165) is 17.7 Å². The zero-order chi connectivity index (χ0) is 15.5. The van der Waals surface area contributed by atoms with Gasteiger partial charge < -0.3 is 24.7 Å². The van der Waals surface area contributed by atoms with Crippen molar-refractivity contribution in [2.75, 3.05) is 40.6 Å². The fourth-order valence-corrected chi connectivity index (χ4v) is 1.88. The highest BCUT2D eigenvalue weighted by Crippen LogP contribution is 2.20. The number of hydrogen-bond donors (Lipinski definition) is 1. The lowest BCUT2D eigenvalue weighted by atomic mass is 10.0. The summed E-state index contributed by atoms with van der Waals surface area (Å²) in [5.41, 5.74) is 7.24. The van der Waals surface area contributed by atoms with Gasteiger partial charge in [0, 0.05) is 20.3 Å². The number of ether oxygens (including phenoxy) is 4. The van der Waals surface area contributed by atoms with Crippen LogP contribution in [0.5, 0.6) is 5.75 Å². The van der Waals surface area contributed by atoms with Crippen LogP contribution in [-0.4, -0.2) is 46.8 Å². The third-order valence-corrected chi connectivity index (χ3v) is 3.25. The molecule has 5 heteroatoms. The first-order chi connectivity index (χ1) is 10.2. The fraction of sp³-hybridized carbons (Fsp3) is 0.625. The molecule has 0 fully saturated rings. The van der Waals surface area contributed by atoms with E-state index in [1.807, 2.05) is 31.2 Å². The van der Waals surface area contributed by atoms with Crippen molar-refractivity contribution in [1.29, 1.82) is 0 Å². The summed E-state index contributed by atoms with van der Waals surface area (Å²) in [4.78, 5) is 0. The van der Waals surface area contributed by atoms with Gasteiger partial charge in [0.15, 0.2) is 0 Å². The molecular formula is C16H27NO4. The van der Waals surface area contributed by atoms with Crippen molar-refractivity contribution in [3.05, 3.63) is 29.8 Å². The number of nitrogens with two attached hydrogens (primary N) is 1. The molecule has 1 aromatic carbocycles. The van der Waals surface area contributed by atoms with Crippen LogP contribution in [0.2, 0.25) is 0 Å². The first kappa shape index (κ1) is 17.9. The third kappa shape index (κ3) is 6.91. The average Bonchev–Trinajstić information content (AvgIpc) is 2.53. The summed E-state index contributed by atoms with van der Waals surface area (Å²) in [6, 6.07) is 7.61. The molecule has 2 N–H and O–H groups in total. The van der Waals surface area contributed by atoms with Gasteiger partial charge in [0.05, 0.1) is 32.5 Å². The highest BCUT2D eigenvalue weighted by molar-refractivity contribution is 5.29. The van der Waals surface area contributed by atoms with Crippen LogP contribution >= 0.6 is 0 Å². The van der Waals surface area contributed by atoms with Gasteiger partial charge in [-0.3, -0.25) is 0 Å². The van der Waals surface area contributed by atoms with Gasteiger partial charge in [-0.05, 0) is 31.0 Å². The van der Waals surface area contributed by atoms with Gasteiger partial charge in [-0.15, -0.1) is 0 Å². The normalized spacial score (nSPS) is 13.9.